The molecule has 1 N–H and O–H groups in total. The molecule has 10 heteroatoms. The van der Waals surface area contributed by atoms with Crippen LogP contribution < -0.4 is 0 Å². The molecule has 198 valence electrons. The van der Waals surface area contributed by atoms with E-state index < -0.39 is 35.0 Å². The molecule has 2 aliphatic heterocycles. The van der Waals surface area contributed by atoms with Gasteiger partial charge in [-0.2, -0.15) is 13.2 Å². The zero-order valence-electron chi connectivity index (χ0n) is 20.1. The molecule has 0 saturated carbocycles. The molecule has 2 saturated heterocycles. The molecule has 2 unspecified atom stereocenters. The van der Waals surface area contributed by atoms with Crippen molar-refractivity contribution in [2.45, 2.75) is 41.9 Å². The number of carbonyl (C=O) groups excluding carboxylic acids is 1. The fourth-order valence-electron chi connectivity index (χ4n) is 4.46. The smallest absolute Gasteiger partial charge is 0.417 e. The summed E-state index contributed by atoms with van der Waals surface area (Å²) in [6, 6.07) is 13.4. The molecular formula is C27H28F3NO5S. The number of hydrogen-bond donors (Lipinski definition) is 1. The zero-order chi connectivity index (χ0) is 26.6. The SMILES string of the molecule is C=C(C(=O)N1CCC(C(=O)O)CC1)c1ccc(SC2COCC(Cc3ccccc3)O2)c(C(F)(F)F)c1. The van der Waals surface area contributed by atoms with Crippen LogP contribution in [0.4, 0.5) is 13.2 Å². The lowest BCUT2D eigenvalue weighted by Crippen LogP contribution is -2.40. The van der Waals surface area contributed by atoms with Crippen molar-refractivity contribution < 1.29 is 37.3 Å². The summed E-state index contributed by atoms with van der Waals surface area (Å²) in [4.78, 5) is 25.4. The lowest BCUT2D eigenvalue weighted by atomic mass is 9.95. The second kappa shape index (κ2) is 11.7. The minimum Gasteiger partial charge on any atom is -0.481 e. The van der Waals surface area contributed by atoms with E-state index in [9.17, 15) is 22.8 Å². The molecule has 0 aromatic heterocycles. The maximum absolute atomic E-state index is 14.0. The maximum atomic E-state index is 14.0. The highest BCUT2D eigenvalue weighted by Gasteiger charge is 2.36. The van der Waals surface area contributed by atoms with Gasteiger partial charge in [0.25, 0.3) is 5.91 Å². The Hall–Kier alpha value is -2.82. The molecule has 2 atom stereocenters. The molecule has 2 heterocycles. The number of carboxylic acid groups (broad SMARTS) is 1. The van der Waals surface area contributed by atoms with Crippen LogP contribution in [0.1, 0.15) is 29.5 Å². The summed E-state index contributed by atoms with van der Waals surface area (Å²) >= 11 is 0.944. The zero-order valence-corrected chi connectivity index (χ0v) is 20.9. The Bertz CT molecular complexity index is 1130. The van der Waals surface area contributed by atoms with Crippen LogP contribution in [0.25, 0.3) is 5.57 Å². The first kappa shape index (κ1) is 27.2. The quantitative estimate of drug-likeness (QED) is 0.496. The highest BCUT2D eigenvalue weighted by Crippen LogP contribution is 2.41. The second-order valence-corrected chi connectivity index (χ2v) is 10.3. The Labute approximate surface area is 217 Å². The average molecular weight is 536 g/mol. The van der Waals surface area contributed by atoms with E-state index in [-0.39, 0.29) is 41.8 Å². The third-order valence-electron chi connectivity index (χ3n) is 6.49. The molecule has 2 aliphatic rings. The normalized spacial score (nSPS) is 21.0. The Kier molecular flexibility index (Phi) is 8.61. The molecule has 37 heavy (non-hydrogen) atoms. The number of carboxylic acids is 1. The van der Waals surface area contributed by atoms with Crippen molar-refractivity contribution in [3.05, 3.63) is 71.8 Å². The van der Waals surface area contributed by atoms with Crippen molar-refractivity contribution >= 4 is 29.2 Å². The van der Waals surface area contributed by atoms with Crippen molar-refractivity contribution in [2.75, 3.05) is 26.3 Å². The molecule has 4 rings (SSSR count). The molecular weight excluding hydrogens is 507 g/mol. The van der Waals surface area contributed by atoms with Gasteiger partial charge in [0.15, 0.2) is 0 Å². The Morgan fingerprint density at radius 3 is 2.43 bits per heavy atom. The van der Waals surface area contributed by atoms with Gasteiger partial charge in [-0.1, -0.05) is 54.7 Å². The Balaban J connectivity index is 1.45. The van der Waals surface area contributed by atoms with E-state index in [1.165, 1.54) is 17.0 Å². The fourth-order valence-corrected chi connectivity index (χ4v) is 5.57. The maximum Gasteiger partial charge on any atom is 0.417 e. The standard InChI is InChI=1S/C27H28F3NO5S/c1-17(25(32)31-11-9-19(10-12-31)26(33)34)20-7-8-23(22(14-20)27(28,29)30)37-24-16-35-15-21(36-24)13-18-5-3-2-4-6-18/h2-8,14,19,21,24H,1,9-13,15-16H2,(H,33,34). The van der Waals surface area contributed by atoms with Gasteiger partial charge in [0.1, 0.15) is 5.44 Å². The monoisotopic (exact) mass is 535 g/mol. The predicted octanol–water partition coefficient (Wildman–Crippen LogP) is 5.12. The van der Waals surface area contributed by atoms with Gasteiger partial charge in [-0.25, -0.2) is 0 Å². The molecule has 6 nitrogen and oxygen atoms in total. The van der Waals surface area contributed by atoms with E-state index in [2.05, 4.69) is 6.58 Å². The number of halogens is 3. The molecule has 2 aromatic carbocycles. The lowest BCUT2D eigenvalue weighted by molar-refractivity contribution is -0.144. The van der Waals surface area contributed by atoms with Gasteiger partial charge < -0.3 is 19.5 Å². The van der Waals surface area contributed by atoms with Gasteiger partial charge >= 0.3 is 12.1 Å². The Morgan fingerprint density at radius 1 is 1.08 bits per heavy atom. The average Bonchev–Trinajstić information content (AvgIpc) is 2.88. The van der Waals surface area contributed by atoms with E-state index in [1.807, 2.05) is 30.3 Å². The number of piperidine rings is 1. The second-order valence-electron chi connectivity index (χ2n) is 9.12. The molecule has 2 fully saturated rings. The van der Waals surface area contributed by atoms with Crippen molar-refractivity contribution in [3.8, 4) is 0 Å². The fraction of sp³-hybridized carbons (Fsp3) is 0.407. The van der Waals surface area contributed by atoms with Crippen molar-refractivity contribution in [3.63, 3.8) is 0 Å². The van der Waals surface area contributed by atoms with E-state index in [0.29, 0.717) is 25.9 Å². The summed E-state index contributed by atoms with van der Waals surface area (Å²) in [7, 11) is 0. The molecule has 0 spiro atoms. The van der Waals surface area contributed by atoms with E-state index >= 15 is 0 Å². The molecule has 1 amide bonds. The van der Waals surface area contributed by atoms with E-state index in [4.69, 9.17) is 14.6 Å². The van der Waals surface area contributed by atoms with E-state index in [1.54, 1.807) is 0 Å². The summed E-state index contributed by atoms with van der Waals surface area (Å²) in [5, 5.41) is 9.14. The van der Waals surface area contributed by atoms with Gasteiger partial charge in [-0.3, -0.25) is 9.59 Å². The van der Waals surface area contributed by atoms with Gasteiger partial charge in [0.2, 0.25) is 0 Å². The molecule has 2 aromatic rings. The summed E-state index contributed by atoms with van der Waals surface area (Å²) < 4.78 is 53.7. The molecule has 0 radical (unpaired) electrons. The third kappa shape index (κ3) is 6.94. The van der Waals surface area contributed by atoms with Crippen LogP contribution >= 0.6 is 11.8 Å². The van der Waals surface area contributed by atoms with Gasteiger partial charge in [0.05, 0.1) is 30.8 Å². The molecule has 0 bridgehead atoms. The first-order chi connectivity index (χ1) is 17.6. The number of rotatable bonds is 7. The van der Waals surface area contributed by atoms with Crippen LogP contribution in [-0.4, -0.2) is 59.7 Å². The van der Waals surface area contributed by atoms with Gasteiger partial charge in [0, 0.05) is 30.0 Å². The van der Waals surface area contributed by atoms with Crippen LogP contribution in [-0.2, 0) is 31.7 Å². The topological polar surface area (TPSA) is 76.1 Å². The number of hydrogen-bond acceptors (Lipinski definition) is 5. The highest BCUT2D eigenvalue weighted by molar-refractivity contribution is 7.99. The summed E-state index contributed by atoms with van der Waals surface area (Å²) in [6.07, 6.45) is -3.74. The van der Waals surface area contributed by atoms with E-state index in [0.717, 1.165) is 23.4 Å². The Morgan fingerprint density at radius 2 is 1.78 bits per heavy atom. The number of thioether (sulfide) groups is 1. The number of carbonyl (C=O) groups is 2. The number of benzene rings is 2. The van der Waals surface area contributed by atoms with Crippen molar-refractivity contribution in [1.82, 2.24) is 4.90 Å². The number of alkyl halides is 3. The summed E-state index contributed by atoms with van der Waals surface area (Å²) in [5.74, 6) is -1.93. The highest BCUT2D eigenvalue weighted by atomic mass is 32.2. The van der Waals surface area contributed by atoms with Crippen LogP contribution in [0.5, 0.6) is 0 Å². The van der Waals surface area contributed by atoms with Crippen LogP contribution in [0, 0.1) is 5.92 Å². The molecule has 0 aliphatic carbocycles. The number of ether oxygens (including phenoxy) is 2. The number of likely N-dealkylation sites (tertiary alicyclic amines) is 1. The lowest BCUT2D eigenvalue weighted by Gasteiger charge is -2.31. The van der Waals surface area contributed by atoms with Crippen LogP contribution in [0.3, 0.4) is 0 Å². The third-order valence-corrected chi connectivity index (χ3v) is 7.61. The summed E-state index contributed by atoms with van der Waals surface area (Å²) in [6.45, 7) is 4.71. The van der Waals surface area contributed by atoms with Crippen molar-refractivity contribution in [1.29, 1.82) is 0 Å². The summed E-state index contributed by atoms with van der Waals surface area (Å²) in [5.41, 5.74) is -0.421. The largest absolute Gasteiger partial charge is 0.481 e. The van der Waals surface area contributed by atoms with Gasteiger partial charge in [-0.15, -0.1) is 0 Å². The first-order valence-corrected chi connectivity index (χ1v) is 12.9. The number of aliphatic carboxylic acids is 1. The number of nitrogens with zero attached hydrogens (tertiary/aromatic N) is 1. The van der Waals surface area contributed by atoms with Gasteiger partial charge in [-0.05, 0) is 36.1 Å². The minimum absolute atomic E-state index is 0.0206. The first-order valence-electron chi connectivity index (χ1n) is 12.0. The van der Waals surface area contributed by atoms with Crippen molar-refractivity contribution in [2.24, 2.45) is 5.92 Å². The number of amides is 1. The van der Waals surface area contributed by atoms with Crippen LogP contribution in [0.2, 0.25) is 0 Å². The minimum atomic E-state index is -4.65. The van der Waals surface area contributed by atoms with Crippen LogP contribution in [0.15, 0.2) is 60.0 Å². The predicted molar refractivity (Wildman–Crippen MR) is 133 cm³/mol.